The van der Waals surface area contributed by atoms with Gasteiger partial charge in [0, 0.05) is 11.7 Å². The largest absolute Gasteiger partial charge is 0.382 e. The highest BCUT2D eigenvalue weighted by molar-refractivity contribution is 5.43. The highest BCUT2D eigenvalue weighted by Gasteiger charge is 2.61. The minimum Gasteiger partial charge on any atom is -0.382 e. The van der Waals surface area contributed by atoms with Crippen molar-refractivity contribution in [2.75, 3.05) is 5.32 Å². The lowest BCUT2D eigenvalue weighted by molar-refractivity contribution is 0.118. The van der Waals surface area contributed by atoms with E-state index >= 15 is 0 Å². The molecule has 110 valence electrons. The Hall–Kier alpha value is -0.980. The Morgan fingerprint density at radius 2 is 1.75 bits per heavy atom. The van der Waals surface area contributed by atoms with Crippen LogP contribution >= 0.6 is 0 Å². The van der Waals surface area contributed by atoms with E-state index in [1.165, 1.54) is 12.1 Å². The molecule has 2 saturated carbocycles. The normalized spacial score (nSPS) is 44.5. The Bertz CT molecular complexity index is 468. The molecule has 1 nitrogen and oxygen atoms in total. The molecule has 1 aromatic carbocycles. The summed E-state index contributed by atoms with van der Waals surface area (Å²) in [7, 11) is 0. The SMILES string of the molecule is CC(Nc1ccccc1)C1CC2(C)C(C)C(C)C1C2C. The van der Waals surface area contributed by atoms with E-state index in [0.717, 1.165) is 29.6 Å². The minimum atomic E-state index is 0.557. The van der Waals surface area contributed by atoms with Crippen LogP contribution in [0.2, 0.25) is 0 Å². The van der Waals surface area contributed by atoms with Crippen LogP contribution in [0.3, 0.4) is 0 Å². The number of nitrogens with one attached hydrogen (secondary N) is 1. The number of para-hydroxylation sites is 1. The topological polar surface area (TPSA) is 12.0 Å². The molecule has 0 aliphatic heterocycles. The van der Waals surface area contributed by atoms with Gasteiger partial charge in [-0.05, 0) is 60.5 Å². The first kappa shape index (κ1) is 14.0. The second-order valence-electron chi connectivity index (χ2n) is 7.69. The van der Waals surface area contributed by atoms with Gasteiger partial charge in [-0.1, -0.05) is 45.9 Å². The van der Waals surface area contributed by atoms with Crippen molar-refractivity contribution < 1.29 is 0 Å². The summed E-state index contributed by atoms with van der Waals surface area (Å²) in [5.74, 6) is 4.33. The van der Waals surface area contributed by atoms with E-state index in [0.29, 0.717) is 11.5 Å². The van der Waals surface area contributed by atoms with Gasteiger partial charge in [-0.25, -0.2) is 0 Å². The summed E-state index contributed by atoms with van der Waals surface area (Å²) in [4.78, 5) is 0. The molecule has 7 atom stereocenters. The third-order valence-electron chi connectivity index (χ3n) is 7.03. The Labute approximate surface area is 124 Å². The summed E-state index contributed by atoms with van der Waals surface area (Å²) in [5, 5.41) is 3.74. The van der Waals surface area contributed by atoms with E-state index < -0.39 is 0 Å². The van der Waals surface area contributed by atoms with Gasteiger partial charge in [0.15, 0.2) is 0 Å². The van der Waals surface area contributed by atoms with Gasteiger partial charge >= 0.3 is 0 Å². The predicted molar refractivity (Wildman–Crippen MR) is 86.7 cm³/mol. The van der Waals surface area contributed by atoms with Crippen LogP contribution in [0.4, 0.5) is 5.69 Å². The zero-order valence-electron chi connectivity index (χ0n) is 13.6. The molecule has 0 aromatic heterocycles. The van der Waals surface area contributed by atoms with Crippen LogP contribution in [0.15, 0.2) is 30.3 Å². The molecule has 2 fully saturated rings. The average molecular weight is 271 g/mol. The van der Waals surface area contributed by atoms with Crippen molar-refractivity contribution in [3.05, 3.63) is 30.3 Å². The van der Waals surface area contributed by atoms with Crippen molar-refractivity contribution >= 4 is 5.69 Å². The maximum atomic E-state index is 3.74. The maximum absolute atomic E-state index is 3.74. The van der Waals surface area contributed by atoms with Crippen LogP contribution < -0.4 is 5.32 Å². The first-order valence-electron chi connectivity index (χ1n) is 8.26. The molecule has 0 heterocycles. The molecule has 1 N–H and O–H groups in total. The van der Waals surface area contributed by atoms with E-state index in [9.17, 15) is 0 Å². The van der Waals surface area contributed by atoms with E-state index in [2.05, 4.69) is 70.3 Å². The van der Waals surface area contributed by atoms with Crippen molar-refractivity contribution in [1.29, 1.82) is 0 Å². The quantitative estimate of drug-likeness (QED) is 0.811. The highest BCUT2D eigenvalue weighted by Crippen LogP contribution is 2.66. The molecular formula is C19H29N. The van der Waals surface area contributed by atoms with Crippen LogP contribution in [0, 0.1) is 35.0 Å². The standard InChI is InChI=1S/C19H29N/c1-12-13(2)19(5)11-17(18(12)14(19)3)15(4)20-16-9-7-6-8-10-16/h6-10,12-15,17-18,20H,11H2,1-5H3. The zero-order chi connectivity index (χ0) is 14.5. The Balaban J connectivity index is 1.76. The van der Waals surface area contributed by atoms with Crippen LogP contribution in [0.25, 0.3) is 0 Å². The number of benzene rings is 1. The molecule has 7 unspecified atom stereocenters. The first-order valence-corrected chi connectivity index (χ1v) is 8.26. The van der Waals surface area contributed by atoms with Crippen LogP contribution in [0.5, 0.6) is 0 Å². The summed E-state index contributed by atoms with van der Waals surface area (Å²) in [6.45, 7) is 12.4. The fourth-order valence-electron chi connectivity index (χ4n) is 5.43. The van der Waals surface area contributed by atoms with Gasteiger partial charge in [0.25, 0.3) is 0 Å². The molecular weight excluding hydrogens is 242 g/mol. The lowest BCUT2D eigenvalue weighted by Crippen LogP contribution is -2.37. The number of fused-ring (bicyclic) bond motifs is 2. The third-order valence-corrected chi connectivity index (χ3v) is 7.03. The zero-order valence-corrected chi connectivity index (χ0v) is 13.6. The van der Waals surface area contributed by atoms with E-state index in [4.69, 9.17) is 0 Å². The molecule has 0 spiro atoms. The second-order valence-corrected chi connectivity index (χ2v) is 7.69. The molecule has 1 heteroatoms. The monoisotopic (exact) mass is 271 g/mol. The molecule has 0 radical (unpaired) electrons. The molecule has 2 aliphatic carbocycles. The van der Waals surface area contributed by atoms with Gasteiger partial charge in [0.05, 0.1) is 0 Å². The fraction of sp³-hybridized carbons (Fsp3) is 0.684. The molecule has 2 bridgehead atoms. The Morgan fingerprint density at radius 3 is 2.30 bits per heavy atom. The van der Waals surface area contributed by atoms with Crippen molar-refractivity contribution in [3.8, 4) is 0 Å². The summed E-state index contributed by atoms with van der Waals surface area (Å²) in [6, 6.07) is 11.2. The predicted octanol–water partition coefficient (Wildman–Crippen LogP) is 5.05. The summed E-state index contributed by atoms with van der Waals surface area (Å²) >= 11 is 0. The average Bonchev–Trinajstić information content (AvgIpc) is 2.79. The second kappa shape index (κ2) is 4.79. The molecule has 2 aliphatic rings. The summed E-state index contributed by atoms with van der Waals surface area (Å²) in [6.07, 6.45) is 1.39. The number of hydrogen-bond acceptors (Lipinski definition) is 1. The van der Waals surface area contributed by atoms with Gasteiger partial charge < -0.3 is 5.32 Å². The highest BCUT2D eigenvalue weighted by atomic mass is 14.9. The molecule has 0 amide bonds. The Morgan fingerprint density at radius 1 is 1.10 bits per heavy atom. The lowest BCUT2D eigenvalue weighted by atomic mass is 9.67. The van der Waals surface area contributed by atoms with E-state index in [-0.39, 0.29) is 0 Å². The molecule has 3 rings (SSSR count). The van der Waals surface area contributed by atoms with Gasteiger partial charge in [-0.15, -0.1) is 0 Å². The first-order chi connectivity index (χ1) is 9.45. The van der Waals surface area contributed by atoms with Gasteiger partial charge in [-0.3, -0.25) is 0 Å². The summed E-state index contributed by atoms with van der Waals surface area (Å²) < 4.78 is 0. The van der Waals surface area contributed by atoms with Gasteiger partial charge in [-0.2, -0.15) is 0 Å². The number of hydrogen-bond donors (Lipinski definition) is 1. The molecule has 0 saturated heterocycles. The molecule has 1 aromatic rings. The third kappa shape index (κ3) is 1.89. The van der Waals surface area contributed by atoms with Crippen molar-refractivity contribution in [2.24, 2.45) is 35.0 Å². The number of anilines is 1. The van der Waals surface area contributed by atoms with Crippen LogP contribution in [-0.4, -0.2) is 6.04 Å². The van der Waals surface area contributed by atoms with Gasteiger partial charge in [0.1, 0.15) is 0 Å². The number of rotatable bonds is 3. The van der Waals surface area contributed by atoms with Crippen molar-refractivity contribution in [2.45, 2.75) is 47.1 Å². The Kier molecular flexibility index (Phi) is 3.35. The maximum Gasteiger partial charge on any atom is 0.0342 e. The van der Waals surface area contributed by atoms with E-state index in [1.54, 1.807) is 0 Å². The fourth-order valence-corrected chi connectivity index (χ4v) is 5.43. The smallest absolute Gasteiger partial charge is 0.0342 e. The van der Waals surface area contributed by atoms with Crippen molar-refractivity contribution in [1.82, 2.24) is 0 Å². The van der Waals surface area contributed by atoms with Gasteiger partial charge in [0.2, 0.25) is 0 Å². The van der Waals surface area contributed by atoms with Crippen LogP contribution in [0.1, 0.15) is 41.0 Å². The summed E-state index contributed by atoms with van der Waals surface area (Å²) in [5.41, 5.74) is 1.82. The minimum absolute atomic E-state index is 0.557. The lowest BCUT2D eigenvalue weighted by Gasteiger charge is -2.40. The van der Waals surface area contributed by atoms with E-state index in [1.807, 2.05) is 0 Å². The van der Waals surface area contributed by atoms with Crippen LogP contribution in [-0.2, 0) is 0 Å². The van der Waals surface area contributed by atoms with Crippen molar-refractivity contribution in [3.63, 3.8) is 0 Å². The molecule has 20 heavy (non-hydrogen) atoms.